The molecular weight excluding hydrogens is 246 g/mol. The molecule has 0 amide bonds. The standard InChI is InChI=1S/C18H17NO/c1-11-8-13(3)15(9-12(11)2)17-10-18(20)14-6-4-5-7-16(14)19-17/h4-10H,1-3H3,(H,19,20). The van der Waals surface area contributed by atoms with Gasteiger partial charge in [0.05, 0.1) is 0 Å². The molecule has 1 N–H and O–H groups in total. The summed E-state index contributed by atoms with van der Waals surface area (Å²) in [4.78, 5) is 15.6. The zero-order valence-corrected chi connectivity index (χ0v) is 11.9. The van der Waals surface area contributed by atoms with Gasteiger partial charge in [-0.15, -0.1) is 0 Å². The molecule has 0 atom stereocenters. The first kappa shape index (κ1) is 12.7. The Morgan fingerprint density at radius 3 is 2.35 bits per heavy atom. The number of aryl methyl sites for hydroxylation is 3. The number of benzene rings is 2. The highest BCUT2D eigenvalue weighted by molar-refractivity contribution is 5.81. The lowest BCUT2D eigenvalue weighted by Crippen LogP contribution is -2.03. The number of rotatable bonds is 1. The van der Waals surface area contributed by atoms with Crippen LogP contribution in [0.25, 0.3) is 22.2 Å². The molecule has 0 aliphatic carbocycles. The predicted octanol–water partition coefficient (Wildman–Crippen LogP) is 4.12. The molecule has 100 valence electrons. The van der Waals surface area contributed by atoms with Gasteiger partial charge in [-0.1, -0.05) is 18.2 Å². The molecule has 2 heteroatoms. The fraction of sp³-hybridized carbons (Fsp3) is 0.167. The van der Waals surface area contributed by atoms with E-state index in [-0.39, 0.29) is 5.43 Å². The first-order valence-electron chi connectivity index (χ1n) is 6.76. The normalized spacial score (nSPS) is 10.9. The Labute approximate surface area is 118 Å². The van der Waals surface area contributed by atoms with Crippen LogP contribution in [0.4, 0.5) is 0 Å². The van der Waals surface area contributed by atoms with Gasteiger partial charge in [-0.2, -0.15) is 0 Å². The van der Waals surface area contributed by atoms with Gasteiger partial charge >= 0.3 is 0 Å². The molecule has 3 aromatic rings. The quantitative estimate of drug-likeness (QED) is 0.703. The summed E-state index contributed by atoms with van der Waals surface area (Å²) < 4.78 is 0. The zero-order valence-electron chi connectivity index (χ0n) is 11.9. The molecule has 20 heavy (non-hydrogen) atoms. The van der Waals surface area contributed by atoms with Crippen LogP contribution in [-0.4, -0.2) is 4.98 Å². The third kappa shape index (κ3) is 2.03. The highest BCUT2D eigenvalue weighted by atomic mass is 16.1. The predicted molar refractivity (Wildman–Crippen MR) is 84.2 cm³/mol. The molecule has 1 heterocycles. The largest absolute Gasteiger partial charge is 0.354 e. The Kier molecular flexibility index (Phi) is 2.94. The van der Waals surface area contributed by atoms with E-state index in [0.29, 0.717) is 0 Å². The van der Waals surface area contributed by atoms with Crippen LogP contribution >= 0.6 is 0 Å². The first-order chi connectivity index (χ1) is 9.56. The van der Waals surface area contributed by atoms with Crippen molar-refractivity contribution >= 4 is 10.9 Å². The number of H-pyrrole nitrogens is 1. The van der Waals surface area contributed by atoms with Gasteiger partial charge in [-0.05, 0) is 55.7 Å². The molecule has 1 aromatic heterocycles. The van der Waals surface area contributed by atoms with Crippen LogP contribution in [0.5, 0.6) is 0 Å². The minimum absolute atomic E-state index is 0.0620. The number of fused-ring (bicyclic) bond motifs is 1. The summed E-state index contributed by atoms with van der Waals surface area (Å²) in [5.41, 5.74) is 6.61. The van der Waals surface area contributed by atoms with Crippen LogP contribution in [0, 0.1) is 20.8 Å². The molecule has 0 aliphatic heterocycles. The van der Waals surface area contributed by atoms with Crippen molar-refractivity contribution in [2.75, 3.05) is 0 Å². The Morgan fingerprint density at radius 1 is 0.850 bits per heavy atom. The lowest BCUT2D eigenvalue weighted by molar-refractivity contribution is 1.28. The SMILES string of the molecule is Cc1cc(C)c(-c2cc(=O)c3ccccc3[nH]2)cc1C. The van der Waals surface area contributed by atoms with E-state index in [9.17, 15) is 4.79 Å². The minimum Gasteiger partial charge on any atom is -0.354 e. The maximum atomic E-state index is 12.2. The van der Waals surface area contributed by atoms with Gasteiger partial charge in [0.1, 0.15) is 0 Å². The Balaban J connectivity index is 2.30. The van der Waals surface area contributed by atoms with Gasteiger partial charge in [0.25, 0.3) is 0 Å². The topological polar surface area (TPSA) is 32.9 Å². The van der Waals surface area contributed by atoms with Crippen LogP contribution in [0.15, 0.2) is 47.3 Å². The van der Waals surface area contributed by atoms with Gasteiger partial charge in [-0.25, -0.2) is 0 Å². The number of aromatic nitrogens is 1. The van der Waals surface area contributed by atoms with Crippen LogP contribution < -0.4 is 5.43 Å². The average molecular weight is 263 g/mol. The summed E-state index contributed by atoms with van der Waals surface area (Å²) >= 11 is 0. The first-order valence-corrected chi connectivity index (χ1v) is 6.76. The van der Waals surface area contributed by atoms with Crippen LogP contribution in [0.3, 0.4) is 0 Å². The van der Waals surface area contributed by atoms with Crippen LogP contribution in [0.2, 0.25) is 0 Å². The molecule has 0 bridgehead atoms. The smallest absolute Gasteiger partial charge is 0.190 e. The van der Waals surface area contributed by atoms with Crippen molar-refractivity contribution in [1.29, 1.82) is 0 Å². The second kappa shape index (κ2) is 4.64. The van der Waals surface area contributed by atoms with Crippen LogP contribution in [-0.2, 0) is 0 Å². The molecule has 3 rings (SSSR count). The second-order valence-electron chi connectivity index (χ2n) is 5.34. The molecule has 0 radical (unpaired) electrons. The number of aromatic amines is 1. The maximum absolute atomic E-state index is 12.2. The monoisotopic (exact) mass is 263 g/mol. The van der Waals surface area contributed by atoms with E-state index in [1.165, 1.54) is 16.7 Å². The molecule has 0 aliphatic rings. The summed E-state index contributed by atoms with van der Waals surface area (Å²) in [6, 6.07) is 13.6. The lowest BCUT2D eigenvalue weighted by atomic mass is 9.98. The number of hydrogen-bond donors (Lipinski definition) is 1. The molecule has 0 fully saturated rings. The van der Waals surface area contributed by atoms with Gasteiger partial charge in [0.15, 0.2) is 5.43 Å². The summed E-state index contributed by atoms with van der Waals surface area (Å²) in [5, 5.41) is 0.734. The van der Waals surface area contributed by atoms with E-state index < -0.39 is 0 Å². The van der Waals surface area contributed by atoms with Gasteiger partial charge in [0, 0.05) is 28.2 Å². The molecular formula is C18H17NO. The van der Waals surface area contributed by atoms with Crippen LogP contribution in [0.1, 0.15) is 16.7 Å². The van der Waals surface area contributed by atoms with Crippen molar-refractivity contribution in [1.82, 2.24) is 4.98 Å². The fourth-order valence-corrected chi connectivity index (χ4v) is 2.59. The minimum atomic E-state index is 0.0620. The van der Waals surface area contributed by atoms with Crippen molar-refractivity contribution in [3.05, 3.63) is 69.4 Å². The third-order valence-corrected chi connectivity index (χ3v) is 3.87. The fourth-order valence-electron chi connectivity index (χ4n) is 2.59. The number of nitrogens with one attached hydrogen (secondary N) is 1. The molecule has 0 saturated heterocycles. The zero-order chi connectivity index (χ0) is 14.3. The summed E-state index contributed by atoms with van der Waals surface area (Å²) in [5.74, 6) is 0. The summed E-state index contributed by atoms with van der Waals surface area (Å²) in [7, 11) is 0. The number of para-hydroxylation sites is 1. The molecule has 2 aromatic carbocycles. The van der Waals surface area contributed by atoms with E-state index >= 15 is 0 Å². The maximum Gasteiger partial charge on any atom is 0.190 e. The highest BCUT2D eigenvalue weighted by Gasteiger charge is 2.08. The van der Waals surface area contributed by atoms with E-state index in [4.69, 9.17) is 0 Å². The second-order valence-corrected chi connectivity index (χ2v) is 5.34. The molecule has 0 unspecified atom stereocenters. The van der Waals surface area contributed by atoms with Crippen molar-refractivity contribution in [2.45, 2.75) is 20.8 Å². The van der Waals surface area contributed by atoms with E-state index in [1.807, 2.05) is 24.3 Å². The summed E-state index contributed by atoms with van der Waals surface area (Å²) in [6.07, 6.45) is 0. The van der Waals surface area contributed by atoms with Gasteiger partial charge < -0.3 is 4.98 Å². The lowest BCUT2D eigenvalue weighted by Gasteiger charge is -2.11. The van der Waals surface area contributed by atoms with Crippen molar-refractivity contribution < 1.29 is 0 Å². The number of pyridine rings is 1. The third-order valence-electron chi connectivity index (χ3n) is 3.87. The van der Waals surface area contributed by atoms with Crippen molar-refractivity contribution in [2.24, 2.45) is 0 Å². The summed E-state index contributed by atoms with van der Waals surface area (Å²) in [6.45, 7) is 6.28. The van der Waals surface area contributed by atoms with Gasteiger partial charge in [-0.3, -0.25) is 4.79 Å². The van der Waals surface area contributed by atoms with E-state index in [1.54, 1.807) is 6.07 Å². The average Bonchev–Trinajstić information content (AvgIpc) is 2.43. The Hall–Kier alpha value is -2.35. The van der Waals surface area contributed by atoms with E-state index in [0.717, 1.165) is 22.2 Å². The van der Waals surface area contributed by atoms with E-state index in [2.05, 4.69) is 37.9 Å². The number of hydrogen-bond acceptors (Lipinski definition) is 1. The highest BCUT2D eigenvalue weighted by Crippen LogP contribution is 2.25. The Morgan fingerprint density at radius 2 is 1.55 bits per heavy atom. The molecule has 2 nitrogen and oxygen atoms in total. The molecule has 0 saturated carbocycles. The van der Waals surface area contributed by atoms with Crippen molar-refractivity contribution in [3.8, 4) is 11.3 Å². The Bertz CT molecular complexity index is 859. The van der Waals surface area contributed by atoms with Gasteiger partial charge in [0.2, 0.25) is 0 Å². The van der Waals surface area contributed by atoms with Crippen molar-refractivity contribution in [3.63, 3.8) is 0 Å². The molecule has 0 spiro atoms.